The molecule has 0 spiro atoms. The van der Waals surface area contributed by atoms with Crippen molar-refractivity contribution < 1.29 is 9.21 Å². The average molecular weight is 349 g/mol. The van der Waals surface area contributed by atoms with Crippen LogP contribution in [0.25, 0.3) is 11.0 Å². The summed E-state index contributed by atoms with van der Waals surface area (Å²) in [5.74, 6) is 0.646. The summed E-state index contributed by atoms with van der Waals surface area (Å²) >= 11 is 0. The van der Waals surface area contributed by atoms with Gasteiger partial charge in [0.2, 0.25) is 5.91 Å². The van der Waals surface area contributed by atoms with Gasteiger partial charge in [-0.15, -0.1) is 0 Å². The Morgan fingerprint density at radius 3 is 2.73 bits per heavy atom. The lowest BCUT2D eigenvalue weighted by molar-refractivity contribution is -0.131. The number of furan rings is 1. The molecule has 1 aliphatic rings. The van der Waals surface area contributed by atoms with Gasteiger partial charge in [-0.2, -0.15) is 10.2 Å². The van der Waals surface area contributed by atoms with Gasteiger partial charge in [-0.05, 0) is 55.4 Å². The van der Waals surface area contributed by atoms with Crippen LogP contribution < -0.4 is 0 Å². The van der Waals surface area contributed by atoms with Crippen LogP contribution in [0.2, 0.25) is 0 Å². The maximum Gasteiger partial charge on any atom is 0.227 e. The summed E-state index contributed by atoms with van der Waals surface area (Å²) in [6.45, 7) is 5.72. The summed E-state index contributed by atoms with van der Waals surface area (Å²) in [4.78, 5) is 14.7. The number of amides is 1. The van der Waals surface area contributed by atoms with E-state index in [2.05, 4.69) is 36.2 Å². The number of aromatic nitrogens is 2. The molecule has 5 nitrogen and oxygen atoms in total. The van der Waals surface area contributed by atoms with Crippen molar-refractivity contribution in [3.05, 3.63) is 59.1 Å². The van der Waals surface area contributed by atoms with Crippen LogP contribution in [0.4, 0.5) is 0 Å². The minimum Gasteiger partial charge on any atom is -0.464 e. The molecule has 1 amide bonds. The van der Waals surface area contributed by atoms with Crippen molar-refractivity contribution in [3.63, 3.8) is 0 Å². The standard InChI is InChI=1S/C21H23N3O2/c1-14-3-4-19-18(13-26-21(19)15(14)2)11-20(25)24-9-6-16(7-10-24)17-5-8-22-23-12-17/h3-5,8,12-13,16H,6-7,9-11H2,1-2H3. The van der Waals surface area contributed by atoms with Gasteiger partial charge in [0.15, 0.2) is 0 Å². The van der Waals surface area contributed by atoms with Gasteiger partial charge in [0.25, 0.3) is 0 Å². The first kappa shape index (κ1) is 16.8. The minimum atomic E-state index is 0.178. The Morgan fingerprint density at radius 2 is 2.00 bits per heavy atom. The van der Waals surface area contributed by atoms with Gasteiger partial charge in [-0.3, -0.25) is 4.79 Å². The first-order chi connectivity index (χ1) is 12.6. The highest BCUT2D eigenvalue weighted by molar-refractivity contribution is 5.89. The van der Waals surface area contributed by atoms with Crippen molar-refractivity contribution >= 4 is 16.9 Å². The van der Waals surface area contributed by atoms with E-state index in [4.69, 9.17) is 4.42 Å². The van der Waals surface area contributed by atoms with Crippen molar-refractivity contribution in [2.75, 3.05) is 13.1 Å². The number of carbonyl (C=O) groups is 1. The third-order valence-corrected chi connectivity index (χ3v) is 5.61. The lowest BCUT2D eigenvalue weighted by Gasteiger charge is -2.32. The van der Waals surface area contributed by atoms with Crippen LogP contribution in [0, 0.1) is 13.8 Å². The molecule has 0 saturated carbocycles. The highest BCUT2D eigenvalue weighted by Gasteiger charge is 2.25. The first-order valence-electron chi connectivity index (χ1n) is 9.14. The van der Waals surface area contributed by atoms with Crippen molar-refractivity contribution in [2.24, 2.45) is 0 Å². The number of benzene rings is 1. The van der Waals surface area contributed by atoms with Crippen molar-refractivity contribution in [1.82, 2.24) is 15.1 Å². The lowest BCUT2D eigenvalue weighted by Crippen LogP contribution is -2.38. The molecule has 2 aromatic heterocycles. The van der Waals surface area contributed by atoms with Crippen molar-refractivity contribution in [1.29, 1.82) is 0 Å². The molecular formula is C21H23N3O2. The summed E-state index contributed by atoms with van der Waals surface area (Å²) in [5.41, 5.74) is 5.45. The van der Waals surface area contributed by atoms with Crippen LogP contribution >= 0.6 is 0 Å². The molecule has 1 aromatic carbocycles. The number of fused-ring (bicyclic) bond motifs is 1. The predicted molar refractivity (Wildman–Crippen MR) is 100.0 cm³/mol. The minimum absolute atomic E-state index is 0.178. The number of hydrogen-bond donors (Lipinski definition) is 0. The normalized spacial score (nSPS) is 15.5. The Kier molecular flexibility index (Phi) is 4.45. The van der Waals surface area contributed by atoms with Gasteiger partial charge >= 0.3 is 0 Å². The van der Waals surface area contributed by atoms with E-state index < -0.39 is 0 Å². The van der Waals surface area contributed by atoms with E-state index in [1.165, 1.54) is 11.1 Å². The Labute approximate surface area is 153 Å². The van der Waals surface area contributed by atoms with Crippen LogP contribution in [0.3, 0.4) is 0 Å². The zero-order valence-electron chi connectivity index (χ0n) is 15.2. The van der Waals surface area contributed by atoms with E-state index in [0.29, 0.717) is 12.3 Å². The van der Waals surface area contributed by atoms with Crippen molar-refractivity contribution in [3.8, 4) is 0 Å². The topological polar surface area (TPSA) is 59.2 Å². The summed E-state index contributed by atoms with van der Waals surface area (Å²) in [7, 11) is 0. The van der Waals surface area contributed by atoms with E-state index in [1.54, 1.807) is 12.5 Å². The molecule has 0 radical (unpaired) electrons. The van der Waals surface area contributed by atoms with E-state index in [1.807, 2.05) is 17.2 Å². The number of aryl methyl sites for hydroxylation is 2. The number of rotatable bonds is 3. The summed E-state index contributed by atoms with van der Waals surface area (Å²) in [6.07, 6.45) is 7.66. The Bertz CT molecular complexity index is 925. The smallest absolute Gasteiger partial charge is 0.227 e. The maximum absolute atomic E-state index is 12.8. The Morgan fingerprint density at radius 1 is 1.19 bits per heavy atom. The number of hydrogen-bond acceptors (Lipinski definition) is 4. The summed E-state index contributed by atoms with van der Waals surface area (Å²) in [6, 6.07) is 6.18. The predicted octanol–water partition coefficient (Wildman–Crippen LogP) is 3.79. The second-order valence-corrected chi connectivity index (χ2v) is 7.15. The third-order valence-electron chi connectivity index (χ3n) is 5.61. The fourth-order valence-electron chi connectivity index (χ4n) is 3.80. The summed E-state index contributed by atoms with van der Waals surface area (Å²) < 4.78 is 5.74. The lowest BCUT2D eigenvalue weighted by atomic mass is 9.90. The molecule has 3 heterocycles. The average Bonchev–Trinajstić information content (AvgIpc) is 3.09. The van der Waals surface area contributed by atoms with Gasteiger partial charge in [0.1, 0.15) is 5.58 Å². The third kappa shape index (κ3) is 3.09. The highest BCUT2D eigenvalue weighted by Crippen LogP contribution is 2.29. The molecule has 1 aliphatic heterocycles. The zero-order chi connectivity index (χ0) is 18.1. The molecule has 3 aromatic rings. The quantitative estimate of drug-likeness (QED) is 0.722. The van der Waals surface area contributed by atoms with Crippen LogP contribution in [-0.2, 0) is 11.2 Å². The second-order valence-electron chi connectivity index (χ2n) is 7.15. The molecule has 0 unspecified atom stereocenters. The van der Waals surface area contributed by atoms with E-state index in [9.17, 15) is 4.79 Å². The van der Waals surface area contributed by atoms with Crippen LogP contribution in [0.5, 0.6) is 0 Å². The highest BCUT2D eigenvalue weighted by atomic mass is 16.3. The molecule has 26 heavy (non-hydrogen) atoms. The molecular weight excluding hydrogens is 326 g/mol. The van der Waals surface area contributed by atoms with Crippen LogP contribution in [0.15, 0.2) is 41.3 Å². The molecule has 0 N–H and O–H groups in total. The van der Waals surface area contributed by atoms with Gasteiger partial charge in [0.05, 0.1) is 18.9 Å². The van der Waals surface area contributed by atoms with E-state index in [0.717, 1.165) is 48.0 Å². The summed E-state index contributed by atoms with van der Waals surface area (Å²) in [5, 5.41) is 8.86. The molecule has 0 aliphatic carbocycles. The molecule has 134 valence electrons. The van der Waals surface area contributed by atoms with Gasteiger partial charge in [-0.1, -0.05) is 12.1 Å². The molecule has 1 fully saturated rings. The fourth-order valence-corrected chi connectivity index (χ4v) is 3.80. The van der Waals surface area contributed by atoms with Gasteiger partial charge in [0, 0.05) is 30.2 Å². The molecule has 5 heteroatoms. The van der Waals surface area contributed by atoms with Gasteiger partial charge < -0.3 is 9.32 Å². The largest absolute Gasteiger partial charge is 0.464 e. The zero-order valence-corrected chi connectivity index (χ0v) is 15.2. The molecule has 4 rings (SSSR count). The van der Waals surface area contributed by atoms with E-state index in [-0.39, 0.29) is 5.91 Å². The Hall–Kier alpha value is -2.69. The number of carbonyl (C=O) groups excluding carboxylic acids is 1. The van der Waals surface area contributed by atoms with Crippen molar-refractivity contribution in [2.45, 2.75) is 39.0 Å². The Balaban J connectivity index is 1.43. The van der Waals surface area contributed by atoms with Crippen LogP contribution in [-0.4, -0.2) is 34.1 Å². The molecule has 1 saturated heterocycles. The maximum atomic E-state index is 12.8. The second kappa shape index (κ2) is 6.90. The fraction of sp³-hybridized carbons (Fsp3) is 0.381. The molecule has 0 bridgehead atoms. The number of likely N-dealkylation sites (tertiary alicyclic amines) is 1. The molecule has 0 atom stereocenters. The monoisotopic (exact) mass is 349 g/mol. The van der Waals surface area contributed by atoms with E-state index >= 15 is 0 Å². The number of nitrogens with zero attached hydrogens (tertiary/aromatic N) is 3. The SMILES string of the molecule is Cc1ccc2c(CC(=O)N3CCC(c4ccnnc4)CC3)coc2c1C. The van der Waals surface area contributed by atoms with Gasteiger partial charge in [-0.25, -0.2) is 0 Å². The first-order valence-corrected chi connectivity index (χ1v) is 9.14. The number of piperidine rings is 1. The van der Waals surface area contributed by atoms with Crippen LogP contribution in [0.1, 0.15) is 41.0 Å².